The Morgan fingerprint density at radius 1 is 0.260 bits per heavy atom. The van der Waals surface area contributed by atoms with Crippen LogP contribution in [0.2, 0.25) is 0 Å². The predicted octanol–water partition coefficient (Wildman–Crippen LogP) is 22.4. The fourth-order valence-electron chi connectivity index (χ4n) is 10.3. The second-order valence-corrected chi connectivity index (χ2v) is 22.7. The highest BCUT2D eigenvalue weighted by molar-refractivity contribution is 5.71. The molecule has 6 heteroatoms. The third-order valence-electron chi connectivity index (χ3n) is 15.3. The number of rotatable bonds is 62. The molecule has 6 nitrogen and oxygen atoms in total. The van der Waals surface area contributed by atoms with Gasteiger partial charge in [0.1, 0.15) is 13.2 Å². The van der Waals surface area contributed by atoms with Crippen molar-refractivity contribution in [3.63, 3.8) is 0 Å². The number of ether oxygens (including phenoxy) is 3. The van der Waals surface area contributed by atoms with Crippen molar-refractivity contribution in [3.05, 3.63) is 12.2 Å². The first kappa shape index (κ1) is 71.2. The number of hydrogen-bond donors (Lipinski definition) is 0. The van der Waals surface area contributed by atoms with E-state index < -0.39 is 6.10 Å². The Kier molecular flexibility index (Phi) is 61.1. The SMILES string of the molecule is CCCCCCCC/C=C\CCCCCCCC(=O)OC(COC(=O)CCCCCCCCCCCCC)COC(=O)CCCCCCCCCCCCCCCCCCCCCCCCCCCCCCC. The van der Waals surface area contributed by atoms with Crippen molar-refractivity contribution in [1.82, 2.24) is 0 Å². The van der Waals surface area contributed by atoms with Crippen LogP contribution in [0.3, 0.4) is 0 Å². The van der Waals surface area contributed by atoms with Crippen LogP contribution >= 0.6 is 0 Å². The third kappa shape index (κ3) is 60.9. The highest BCUT2D eigenvalue weighted by Gasteiger charge is 2.19. The van der Waals surface area contributed by atoms with Gasteiger partial charge in [-0.05, 0) is 44.9 Å². The summed E-state index contributed by atoms with van der Waals surface area (Å²) in [4.78, 5) is 38.2. The van der Waals surface area contributed by atoms with Crippen LogP contribution in [0, 0.1) is 0 Å². The van der Waals surface area contributed by atoms with Gasteiger partial charge in [0.05, 0.1) is 0 Å². The maximum absolute atomic E-state index is 12.9. The number of hydrogen-bond acceptors (Lipinski definition) is 6. The van der Waals surface area contributed by atoms with Crippen molar-refractivity contribution in [2.45, 2.75) is 386 Å². The molecule has 0 aliphatic heterocycles. The van der Waals surface area contributed by atoms with Crippen LogP contribution in [0.1, 0.15) is 380 Å². The van der Waals surface area contributed by atoms with Crippen LogP contribution in [0.25, 0.3) is 0 Å². The van der Waals surface area contributed by atoms with E-state index >= 15 is 0 Å². The van der Waals surface area contributed by atoms with E-state index in [0.717, 1.165) is 64.2 Å². The molecule has 0 aromatic carbocycles. The molecule has 0 aliphatic carbocycles. The standard InChI is InChI=1S/C67H128O6/c1-4-7-10-13-16-19-22-24-26-27-28-29-30-31-32-33-34-35-36-37-38-39-41-42-45-48-51-54-57-60-66(69)72-63-64(62-71-65(68)59-56-53-50-47-44-21-18-15-12-9-6-3)73-67(70)61-58-55-52-49-46-43-40-25-23-20-17-14-11-8-5-2/h25,40,64H,4-24,26-39,41-63H2,1-3H3/b40-25-. The molecule has 0 bridgehead atoms. The first-order chi connectivity index (χ1) is 36.0. The topological polar surface area (TPSA) is 78.9 Å². The summed E-state index contributed by atoms with van der Waals surface area (Å²) in [5.74, 6) is -0.849. The van der Waals surface area contributed by atoms with Crippen LogP contribution in [0.4, 0.5) is 0 Å². The zero-order chi connectivity index (χ0) is 52.9. The number of esters is 3. The van der Waals surface area contributed by atoms with Gasteiger partial charge in [0.25, 0.3) is 0 Å². The Morgan fingerprint density at radius 2 is 0.452 bits per heavy atom. The van der Waals surface area contributed by atoms with Gasteiger partial charge < -0.3 is 14.2 Å². The Balaban J connectivity index is 4.09. The Hall–Kier alpha value is -1.85. The molecular formula is C67H128O6. The number of carbonyl (C=O) groups is 3. The van der Waals surface area contributed by atoms with Crippen molar-refractivity contribution in [1.29, 1.82) is 0 Å². The van der Waals surface area contributed by atoms with Gasteiger partial charge in [0.15, 0.2) is 6.10 Å². The minimum absolute atomic E-state index is 0.0672. The predicted molar refractivity (Wildman–Crippen MR) is 317 cm³/mol. The second kappa shape index (κ2) is 62.7. The number of unbranched alkanes of at least 4 members (excludes halogenated alkanes) is 49. The molecule has 0 rings (SSSR count). The van der Waals surface area contributed by atoms with Gasteiger partial charge in [-0.1, -0.05) is 328 Å². The quantitative estimate of drug-likeness (QED) is 0.0261. The fraction of sp³-hybridized carbons (Fsp3) is 0.925. The van der Waals surface area contributed by atoms with Crippen LogP contribution in [0.15, 0.2) is 12.2 Å². The Morgan fingerprint density at radius 3 is 0.685 bits per heavy atom. The van der Waals surface area contributed by atoms with E-state index in [0.29, 0.717) is 19.3 Å². The van der Waals surface area contributed by atoms with Gasteiger partial charge in [-0.2, -0.15) is 0 Å². The highest BCUT2D eigenvalue weighted by atomic mass is 16.6. The zero-order valence-corrected chi connectivity index (χ0v) is 49.7. The van der Waals surface area contributed by atoms with E-state index in [-0.39, 0.29) is 31.1 Å². The zero-order valence-electron chi connectivity index (χ0n) is 49.7. The summed E-state index contributed by atoms with van der Waals surface area (Å²) >= 11 is 0. The van der Waals surface area contributed by atoms with Crippen LogP contribution in [-0.4, -0.2) is 37.2 Å². The summed E-state index contributed by atoms with van der Waals surface area (Å²) in [6.07, 6.45) is 73.9. The van der Waals surface area contributed by atoms with Crippen LogP contribution in [-0.2, 0) is 28.6 Å². The first-order valence-corrected chi connectivity index (χ1v) is 33.2. The average Bonchev–Trinajstić information content (AvgIpc) is 3.39. The van der Waals surface area contributed by atoms with Gasteiger partial charge in [-0.15, -0.1) is 0 Å². The molecule has 1 atom stereocenters. The molecule has 73 heavy (non-hydrogen) atoms. The second-order valence-electron chi connectivity index (χ2n) is 22.7. The summed E-state index contributed by atoms with van der Waals surface area (Å²) < 4.78 is 16.9. The molecule has 0 aliphatic rings. The molecule has 0 heterocycles. The molecule has 0 saturated heterocycles. The van der Waals surface area contributed by atoms with Gasteiger partial charge in [0, 0.05) is 19.3 Å². The van der Waals surface area contributed by atoms with Crippen molar-refractivity contribution in [2.24, 2.45) is 0 Å². The van der Waals surface area contributed by atoms with Crippen molar-refractivity contribution in [2.75, 3.05) is 13.2 Å². The number of allylic oxidation sites excluding steroid dienone is 2. The average molecular weight is 1030 g/mol. The molecule has 1 unspecified atom stereocenters. The molecule has 0 aromatic rings. The van der Waals surface area contributed by atoms with Gasteiger partial charge in [-0.3, -0.25) is 14.4 Å². The van der Waals surface area contributed by atoms with Crippen molar-refractivity contribution >= 4 is 17.9 Å². The summed E-state index contributed by atoms with van der Waals surface area (Å²) in [5.41, 5.74) is 0. The summed E-state index contributed by atoms with van der Waals surface area (Å²) in [6.45, 7) is 6.69. The Labute approximate surface area is 456 Å². The van der Waals surface area contributed by atoms with E-state index in [9.17, 15) is 14.4 Å². The lowest BCUT2D eigenvalue weighted by Gasteiger charge is -2.18. The van der Waals surface area contributed by atoms with Gasteiger partial charge in [0.2, 0.25) is 0 Å². The molecule has 0 radical (unpaired) electrons. The van der Waals surface area contributed by atoms with Gasteiger partial charge in [-0.25, -0.2) is 0 Å². The normalized spacial score (nSPS) is 12.0. The largest absolute Gasteiger partial charge is 0.462 e. The van der Waals surface area contributed by atoms with E-state index in [1.807, 2.05) is 0 Å². The Bertz CT molecular complexity index is 1130. The molecular weight excluding hydrogens is 901 g/mol. The lowest BCUT2D eigenvalue weighted by atomic mass is 10.0. The van der Waals surface area contributed by atoms with E-state index in [1.54, 1.807) is 0 Å². The summed E-state index contributed by atoms with van der Waals surface area (Å²) in [5, 5.41) is 0. The summed E-state index contributed by atoms with van der Waals surface area (Å²) in [7, 11) is 0. The fourth-order valence-corrected chi connectivity index (χ4v) is 10.3. The lowest BCUT2D eigenvalue weighted by molar-refractivity contribution is -0.167. The maximum atomic E-state index is 12.9. The minimum atomic E-state index is -0.769. The molecule has 432 valence electrons. The van der Waals surface area contributed by atoms with Crippen LogP contribution < -0.4 is 0 Å². The lowest BCUT2D eigenvalue weighted by Crippen LogP contribution is -2.30. The smallest absolute Gasteiger partial charge is 0.306 e. The third-order valence-corrected chi connectivity index (χ3v) is 15.3. The van der Waals surface area contributed by atoms with E-state index in [2.05, 4.69) is 32.9 Å². The monoisotopic (exact) mass is 1030 g/mol. The van der Waals surface area contributed by atoms with Crippen molar-refractivity contribution < 1.29 is 28.6 Å². The molecule has 0 spiro atoms. The van der Waals surface area contributed by atoms with Gasteiger partial charge >= 0.3 is 17.9 Å². The molecule has 0 aromatic heterocycles. The molecule has 0 fully saturated rings. The van der Waals surface area contributed by atoms with E-state index in [1.165, 1.54) is 276 Å². The molecule has 0 amide bonds. The van der Waals surface area contributed by atoms with E-state index in [4.69, 9.17) is 14.2 Å². The van der Waals surface area contributed by atoms with Crippen LogP contribution in [0.5, 0.6) is 0 Å². The highest BCUT2D eigenvalue weighted by Crippen LogP contribution is 2.18. The molecule has 0 N–H and O–H groups in total. The molecule has 0 saturated carbocycles. The first-order valence-electron chi connectivity index (χ1n) is 33.2. The maximum Gasteiger partial charge on any atom is 0.306 e. The summed E-state index contributed by atoms with van der Waals surface area (Å²) in [6, 6.07) is 0. The van der Waals surface area contributed by atoms with Crippen molar-refractivity contribution in [3.8, 4) is 0 Å². The number of carbonyl (C=O) groups excluding carboxylic acids is 3. The minimum Gasteiger partial charge on any atom is -0.462 e.